The van der Waals surface area contributed by atoms with Crippen LogP contribution in [0, 0.1) is 6.92 Å². The second kappa shape index (κ2) is 8.37. The van der Waals surface area contributed by atoms with Gasteiger partial charge in [0, 0.05) is 10.7 Å². The minimum atomic E-state index is -0.408. The van der Waals surface area contributed by atoms with E-state index in [9.17, 15) is 4.79 Å². The zero-order valence-corrected chi connectivity index (χ0v) is 18.4. The van der Waals surface area contributed by atoms with Crippen molar-refractivity contribution in [1.29, 1.82) is 0 Å². The van der Waals surface area contributed by atoms with Crippen LogP contribution in [0.5, 0.6) is 0 Å². The van der Waals surface area contributed by atoms with Crippen molar-refractivity contribution in [3.63, 3.8) is 0 Å². The number of carbonyl (C=O) groups excluding carboxylic acids is 1. The van der Waals surface area contributed by atoms with Crippen LogP contribution in [0.4, 0.5) is 11.5 Å². The SMILES string of the molecule is Cc1ccccc1/C=N\n1c(N)c(C(=O)Nc2ccc(Cl)cc2)c2nc3ccccc3nc21. The average Bonchev–Trinajstić information content (AvgIpc) is 3.08. The van der Waals surface area contributed by atoms with E-state index in [4.69, 9.17) is 22.3 Å². The molecule has 3 aromatic carbocycles. The molecule has 8 heteroatoms. The number of nitrogens with one attached hydrogen (secondary N) is 1. The van der Waals surface area contributed by atoms with Gasteiger partial charge in [0.1, 0.15) is 16.9 Å². The highest BCUT2D eigenvalue weighted by Gasteiger charge is 2.24. The molecule has 0 saturated carbocycles. The van der Waals surface area contributed by atoms with Crippen molar-refractivity contribution in [2.45, 2.75) is 6.92 Å². The van der Waals surface area contributed by atoms with E-state index in [2.05, 4.69) is 15.4 Å². The van der Waals surface area contributed by atoms with Crippen LogP contribution in [-0.4, -0.2) is 26.8 Å². The molecule has 7 nitrogen and oxygen atoms in total. The van der Waals surface area contributed by atoms with Crippen LogP contribution in [0.1, 0.15) is 21.5 Å². The molecule has 5 aromatic rings. The number of rotatable bonds is 4. The van der Waals surface area contributed by atoms with E-state index >= 15 is 0 Å². The number of nitrogens with zero attached hydrogens (tertiary/aromatic N) is 4. The molecule has 0 spiro atoms. The van der Waals surface area contributed by atoms with Crippen LogP contribution in [0.25, 0.3) is 22.2 Å². The number of hydrogen-bond donors (Lipinski definition) is 2. The van der Waals surface area contributed by atoms with Gasteiger partial charge >= 0.3 is 0 Å². The Morgan fingerprint density at radius 3 is 2.39 bits per heavy atom. The highest BCUT2D eigenvalue weighted by Crippen LogP contribution is 2.29. The third kappa shape index (κ3) is 3.90. The highest BCUT2D eigenvalue weighted by atomic mass is 35.5. The van der Waals surface area contributed by atoms with Gasteiger partial charge in [-0.2, -0.15) is 9.78 Å². The van der Waals surface area contributed by atoms with E-state index in [0.717, 1.165) is 11.1 Å². The monoisotopic (exact) mass is 454 g/mol. The number of para-hydroxylation sites is 2. The van der Waals surface area contributed by atoms with Crippen LogP contribution in [-0.2, 0) is 0 Å². The fraction of sp³-hybridized carbons (Fsp3) is 0.0400. The largest absolute Gasteiger partial charge is 0.383 e. The molecule has 0 aliphatic carbocycles. The standard InChI is InChI=1S/C25H19ClN6O/c1-15-6-2-3-7-16(15)14-28-32-23(27)21(25(33)29-18-12-10-17(26)11-13-18)22-24(32)31-20-9-5-4-8-19(20)30-22/h2-14H,27H2,1H3,(H,29,33)/b28-14-. The molecule has 2 aromatic heterocycles. The summed E-state index contributed by atoms with van der Waals surface area (Å²) in [6.45, 7) is 2.00. The Morgan fingerprint density at radius 2 is 1.67 bits per heavy atom. The first-order chi connectivity index (χ1) is 16.0. The van der Waals surface area contributed by atoms with Crippen molar-refractivity contribution in [3.05, 3.63) is 94.5 Å². The van der Waals surface area contributed by atoms with E-state index in [0.29, 0.717) is 32.9 Å². The number of aromatic nitrogens is 3. The Bertz CT molecular complexity index is 1540. The molecule has 162 valence electrons. The lowest BCUT2D eigenvalue weighted by Crippen LogP contribution is -2.14. The number of amides is 1. The van der Waals surface area contributed by atoms with Gasteiger partial charge in [-0.1, -0.05) is 48.0 Å². The molecule has 1 amide bonds. The second-order valence-electron chi connectivity index (χ2n) is 7.52. The molecule has 2 heterocycles. The minimum Gasteiger partial charge on any atom is -0.383 e. The summed E-state index contributed by atoms with van der Waals surface area (Å²) in [4.78, 5) is 22.6. The molecule has 33 heavy (non-hydrogen) atoms. The molecule has 0 atom stereocenters. The molecule has 3 N–H and O–H groups in total. The molecular weight excluding hydrogens is 436 g/mol. The number of benzene rings is 3. The van der Waals surface area contributed by atoms with Gasteiger partial charge in [0.25, 0.3) is 5.91 Å². The summed E-state index contributed by atoms with van der Waals surface area (Å²) in [6, 6.07) is 22.1. The number of nitrogens with two attached hydrogens (primary N) is 1. The number of carbonyl (C=O) groups is 1. The van der Waals surface area contributed by atoms with Crippen molar-refractivity contribution in [1.82, 2.24) is 14.6 Å². The van der Waals surface area contributed by atoms with E-state index in [1.54, 1.807) is 30.5 Å². The lowest BCUT2D eigenvalue weighted by molar-refractivity contribution is 0.102. The molecule has 5 rings (SSSR count). The number of nitrogen functional groups attached to an aromatic ring is 1. The van der Waals surface area contributed by atoms with Gasteiger partial charge in [-0.25, -0.2) is 9.97 Å². The van der Waals surface area contributed by atoms with Gasteiger partial charge in [-0.05, 0) is 54.4 Å². The van der Waals surface area contributed by atoms with Gasteiger partial charge in [0.2, 0.25) is 0 Å². The molecule has 0 radical (unpaired) electrons. The Labute approximate surface area is 194 Å². The lowest BCUT2D eigenvalue weighted by Gasteiger charge is -2.05. The van der Waals surface area contributed by atoms with Crippen molar-refractivity contribution in [2.75, 3.05) is 11.1 Å². The third-order valence-electron chi connectivity index (χ3n) is 5.30. The number of hydrogen-bond acceptors (Lipinski definition) is 5. The Kier molecular flexibility index (Phi) is 5.24. The zero-order valence-electron chi connectivity index (χ0n) is 17.7. The second-order valence-corrected chi connectivity index (χ2v) is 7.96. The summed E-state index contributed by atoms with van der Waals surface area (Å²) in [7, 11) is 0. The molecule has 0 fully saturated rings. The van der Waals surface area contributed by atoms with Crippen molar-refractivity contribution in [3.8, 4) is 0 Å². The van der Waals surface area contributed by atoms with Gasteiger partial charge in [0.05, 0.1) is 17.2 Å². The highest BCUT2D eigenvalue weighted by molar-refractivity contribution is 6.30. The summed E-state index contributed by atoms with van der Waals surface area (Å²) in [5.74, 6) is -0.258. The summed E-state index contributed by atoms with van der Waals surface area (Å²) in [5, 5.41) is 7.99. The van der Waals surface area contributed by atoms with E-state index in [-0.39, 0.29) is 11.4 Å². The Morgan fingerprint density at radius 1 is 1.00 bits per heavy atom. The summed E-state index contributed by atoms with van der Waals surface area (Å²) in [6.07, 6.45) is 1.70. The predicted octanol–water partition coefficient (Wildman–Crippen LogP) is 5.26. The van der Waals surface area contributed by atoms with Crippen molar-refractivity contribution in [2.24, 2.45) is 5.10 Å². The van der Waals surface area contributed by atoms with Gasteiger partial charge < -0.3 is 11.1 Å². The summed E-state index contributed by atoms with van der Waals surface area (Å²) >= 11 is 5.95. The van der Waals surface area contributed by atoms with Crippen LogP contribution in [0.2, 0.25) is 5.02 Å². The lowest BCUT2D eigenvalue weighted by atomic mass is 10.1. The fourth-order valence-electron chi connectivity index (χ4n) is 3.57. The van der Waals surface area contributed by atoms with Crippen LogP contribution in [0.3, 0.4) is 0 Å². The topological polar surface area (TPSA) is 98.2 Å². The van der Waals surface area contributed by atoms with Crippen LogP contribution in [0.15, 0.2) is 77.9 Å². The normalized spacial score (nSPS) is 11.5. The summed E-state index contributed by atoms with van der Waals surface area (Å²) in [5.41, 5.74) is 11.3. The quantitative estimate of drug-likeness (QED) is 0.362. The average molecular weight is 455 g/mol. The predicted molar refractivity (Wildman–Crippen MR) is 133 cm³/mol. The van der Waals surface area contributed by atoms with Crippen molar-refractivity contribution < 1.29 is 4.79 Å². The van der Waals surface area contributed by atoms with E-state index in [1.165, 1.54) is 4.68 Å². The first kappa shape index (κ1) is 20.7. The fourth-order valence-corrected chi connectivity index (χ4v) is 3.69. The third-order valence-corrected chi connectivity index (χ3v) is 5.56. The maximum absolute atomic E-state index is 13.3. The Balaban J connectivity index is 1.67. The number of anilines is 2. The van der Waals surface area contributed by atoms with Gasteiger partial charge in [-0.15, -0.1) is 0 Å². The molecule has 0 aliphatic heterocycles. The molecular formula is C25H19ClN6O. The number of halogens is 1. The van der Waals surface area contributed by atoms with Crippen molar-refractivity contribution >= 4 is 57.4 Å². The van der Waals surface area contributed by atoms with Gasteiger partial charge in [0.15, 0.2) is 5.65 Å². The molecule has 0 saturated heterocycles. The van der Waals surface area contributed by atoms with Gasteiger partial charge in [-0.3, -0.25) is 4.79 Å². The summed E-state index contributed by atoms with van der Waals surface area (Å²) < 4.78 is 1.46. The Hall–Kier alpha value is -4.23. The van der Waals surface area contributed by atoms with Crippen LogP contribution < -0.4 is 11.1 Å². The maximum Gasteiger partial charge on any atom is 0.261 e. The number of aryl methyl sites for hydroxylation is 1. The molecule has 0 unspecified atom stereocenters. The first-order valence-corrected chi connectivity index (χ1v) is 10.6. The maximum atomic E-state index is 13.3. The van der Waals surface area contributed by atoms with Crippen LogP contribution >= 0.6 is 11.6 Å². The molecule has 0 bridgehead atoms. The van der Waals surface area contributed by atoms with E-state index < -0.39 is 5.91 Å². The smallest absolute Gasteiger partial charge is 0.261 e. The van der Waals surface area contributed by atoms with E-state index in [1.807, 2.05) is 55.5 Å². The minimum absolute atomic E-state index is 0.150. The zero-order chi connectivity index (χ0) is 22.9. The number of fused-ring (bicyclic) bond motifs is 2. The molecule has 0 aliphatic rings. The first-order valence-electron chi connectivity index (χ1n) is 10.2.